The molecular formula is C21H18ClF4N3O4. The molecule has 0 unspecified atom stereocenters. The van der Waals surface area contributed by atoms with Gasteiger partial charge in [0.1, 0.15) is 17.1 Å². The lowest BCUT2D eigenvalue weighted by atomic mass is 9.77. The molecule has 0 spiro atoms. The molecule has 0 atom stereocenters. The van der Waals surface area contributed by atoms with Gasteiger partial charge in [0.05, 0.1) is 40.6 Å². The van der Waals surface area contributed by atoms with E-state index < -0.39 is 52.2 Å². The topological polar surface area (TPSA) is 90.4 Å². The summed E-state index contributed by atoms with van der Waals surface area (Å²) in [5.41, 5.74) is -4.06. The Balaban J connectivity index is 1.93. The maximum atomic E-state index is 14.5. The van der Waals surface area contributed by atoms with Crippen LogP contribution in [0.25, 0.3) is 22.6 Å². The zero-order chi connectivity index (χ0) is 24.1. The van der Waals surface area contributed by atoms with Crippen LogP contribution < -0.4 is 0 Å². The van der Waals surface area contributed by atoms with E-state index >= 15 is 0 Å². The van der Waals surface area contributed by atoms with Gasteiger partial charge in [-0.1, -0.05) is 22.8 Å². The van der Waals surface area contributed by atoms with Crippen LogP contribution in [-0.4, -0.2) is 38.2 Å². The van der Waals surface area contributed by atoms with E-state index in [1.54, 1.807) is 0 Å². The van der Waals surface area contributed by atoms with Crippen molar-refractivity contribution in [3.63, 3.8) is 0 Å². The number of carbonyl (C=O) groups excluding carboxylic acids is 1. The number of aliphatic hydroxyl groups is 1. The Morgan fingerprint density at radius 2 is 2.09 bits per heavy atom. The molecule has 1 fully saturated rings. The van der Waals surface area contributed by atoms with Crippen molar-refractivity contribution in [3.8, 4) is 22.6 Å². The number of hydrogen-bond acceptors (Lipinski definition) is 6. The van der Waals surface area contributed by atoms with E-state index in [1.165, 1.54) is 26.0 Å². The Hall–Kier alpha value is -2.92. The first-order valence-electron chi connectivity index (χ1n) is 9.93. The molecule has 2 heterocycles. The fourth-order valence-corrected chi connectivity index (χ4v) is 4.23. The average molecular weight is 488 g/mol. The van der Waals surface area contributed by atoms with Gasteiger partial charge >= 0.3 is 12.1 Å². The van der Waals surface area contributed by atoms with Gasteiger partial charge in [-0.15, -0.1) is 0 Å². The van der Waals surface area contributed by atoms with E-state index in [0.717, 1.165) is 16.9 Å². The van der Waals surface area contributed by atoms with Gasteiger partial charge in [-0.05, 0) is 38.8 Å². The maximum absolute atomic E-state index is 14.5. The summed E-state index contributed by atoms with van der Waals surface area (Å²) in [6.07, 6.45) is -3.86. The highest BCUT2D eigenvalue weighted by atomic mass is 35.5. The molecule has 7 nitrogen and oxygen atoms in total. The predicted molar refractivity (Wildman–Crippen MR) is 108 cm³/mol. The summed E-state index contributed by atoms with van der Waals surface area (Å²) in [5, 5.41) is 17.4. The molecule has 33 heavy (non-hydrogen) atoms. The van der Waals surface area contributed by atoms with E-state index in [1.807, 2.05) is 0 Å². The summed E-state index contributed by atoms with van der Waals surface area (Å²) in [7, 11) is 0. The molecule has 1 aliphatic rings. The second kappa shape index (κ2) is 8.14. The summed E-state index contributed by atoms with van der Waals surface area (Å²) in [6.45, 7) is 2.92. The highest BCUT2D eigenvalue weighted by molar-refractivity contribution is 6.33. The van der Waals surface area contributed by atoms with Crippen molar-refractivity contribution in [1.82, 2.24) is 14.9 Å². The maximum Gasteiger partial charge on any atom is 0.433 e. The lowest BCUT2D eigenvalue weighted by molar-refractivity contribution is -0.148. The molecule has 0 bridgehead atoms. The number of hydrogen-bond donors (Lipinski definition) is 1. The second-order valence-electron chi connectivity index (χ2n) is 7.96. The van der Waals surface area contributed by atoms with Crippen LogP contribution in [0.1, 0.15) is 48.8 Å². The van der Waals surface area contributed by atoms with Crippen molar-refractivity contribution in [2.75, 3.05) is 6.61 Å². The van der Waals surface area contributed by atoms with Gasteiger partial charge in [-0.25, -0.2) is 9.18 Å². The Morgan fingerprint density at radius 1 is 1.39 bits per heavy atom. The van der Waals surface area contributed by atoms with Crippen LogP contribution in [0, 0.1) is 5.82 Å². The van der Waals surface area contributed by atoms with Crippen molar-refractivity contribution in [1.29, 1.82) is 0 Å². The number of aromatic nitrogens is 3. The van der Waals surface area contributed by atoms with Crippen LogP contribution in [0.4, 0.5) is 17.6 Å². The predicted octanol–water partition coefficient (Wildman–Crippen LogP) is 5.28. The molecule has 1 N–H and O–H groups in total. The van der Waals surface area contributed by atoms with Gasteiger partial charge in [0.2, 0.25) is 0 Å². The van der Waals surface area contributed by atoms with Crippen LogP contribution in [0.5, 0.6) is 0 Å². The lowest BCUT2D eigenvalue weighted by Gasteiger charge is -2.41. The smallest absolute Gasteiger partial charge is 0.433 e. The first kappa shape index (κ1) is 23.2. The highest BCUT2D eigenvalue weighted by Gasteiger charge is 2.47. The zero-order valence-corrected chi connectivity index (χ0v) is 18.2. The molecule has 0 saturated heterocycles. The Bertz CT molecular complexity index is 1190. The molecule has 4 rings (SSSR count). The molecule has 3 aromatic rings. The molecule has 1 saturated carbocycles. The van der Waals surface area contributed by atoms with Crippen LogP contribution in [0.2, 0.25) is 5.02 Å². The normalized spacial score (nSPS) is 20.5. The van der Waals surface area contributed by atoms with Gasteiger partial charge in [0, 0.05) is 0 Å². The van der Waals surface area contributed by atoms with Gasteiger partial charge in [0.25, 0.3) is 0 Å². The molecule has 0 amide bonds. The Kier molecular flexibility index (Phi) is 5.73. The van der Waals surface area contributed by atoms with Crippen LogP contribution in [0.3, 0.4) is 0 Å². The number of esters is 1. The molecule has 1 aliphatic carbocycles. The molecule has 0 aliphatic heterocycles. The van der Waals surface area contributed by atoms with Gasteiger partial charge in [-0.2, -0.15) is 18.3 Å². The first-order chi connectivity index (χ1) is 15.4. The molecule has 2 aromatic heterocycles. The van der Waals surface area contributed by atoms with Crippen molar-refractivity contribution >= 4 is 17.6 Å². The van der Waals surface area contributed by atoms with Gasteiger partial charge < -0.3 is 14.4 Å². The van der Waals surface area contributed by atoms with Crippen LogP contribution >= 0.6 is 11.6 Å². The number of rotatable bonds is 5. The molecule has 0 radical (unpaired) electrons. The van der Waals surface area contributed by atoms with E-state index in [-0.39, 0.29) is 35.7 Å². The number of nitrogens with zero attached hydrogens (tertiary/aromatic N) is 3. The van der Waals surface area contributed by atoms with E-state index in [0.29, 0.717) is 0 Å². The van der Waals surface area contributed by atoms with Crippen molar-refractivity contribution < 1.29 is 36.7 Å². The SMILES string of the molecule is CCOC(=O)c1c(-c2c(F)cccc2Cl)noc1-c1cnn(C2CC(C)(O)C2)c1C(F)(F)F. The minimum absolute atomic E-state index is 0.0639. The average Bonchev–Trinajstić information content (AvgIpc) is 3.30. The Morgan fingerprint density at radius 3 is 2.67 bits per heavy atom. The van der Waals surface area contributed by atoms with Crippen molar-refractivity contribution in [2.24, 2.45) is 0 Å². The minimum Gasteiger partial charge on any atom is -0.462 e. The quantitative estimate of drug-likeness (QED) is 0.389. The number of alkyl halides is 3. The van der Waals surface area contributed by atoms with E-state index in [4.69, 9.17) is 20.9 Å². The third kappa shape index (κ3) is 4.10. The third-order valence-corrected chi connectivity index (χ3v) is 5.69. The highest BCUT2D eigenvalue weighted by Crippen LogP contribution is 2.47. The molecule has 176 valence electrons. The number of benzene rings is 1. The molecular weight excluding hydrogens is 470 g/mol. The lowest BCUT2D eigenvalue weighted by Crippen LogP contribution is -2.43. The van der Waals surface area contributed by atoms with Gasteiger partial charge in [0.15, 0.2) is 11.5 Å². The number of carbonyl (C=O) groups is 1. The number of ether oxygens (including phenoxy) is 1. The summed E-state index contributed by atoms with van der Waals surface area (Å²) >= 11 is 6.08. The van der Waals surface area contributed by atoms with Gasteiger partial charge in [-0.3, -0.25) is 4.68 Å². The van der Waals surface area contributed by atoms with Crippen molar-refractivity contribution in [3.05, 3.63) is 46.5 Å². The fourth-order valence-electron chi connectivity index (χ4n) is 3.98. The molecule has 12 heteroatoms. The summed E-state index contributed by atoms with van der Waals surface area (Å²) < 4.78 is 67.7. The minimum atomic E-state index is -4.89. The summed E-state index contributed by atoms with van der Waals surface area (Å²) in [6, 6.07) is 3.02. The monoisotopic (exact) mass is 487 g/mol. The largest absolute Gasteiger partial charge is 0.462 e. The first-order valence-corrected chi connectivity index (χ1v) is 10.3. The van der Waals surface area contributed by atoms with E-state index in [2.05, 4.69) is 10.3 Å². The van der Waals surface area contributed by atoms with E-state index in [9.17, 15) is 27.5 Å². The molecule has 1 aromatic carbocycles. The number of halogens is 5. The van der Waals surface area contributed by atoms with Crippen LogP contribution in [0.15, 0.2) is 28.9 Å². The fraction of sp³-hybridized carbons (Fsp3) is 0.381. The summed E-state index contributed by atoms with van der Waals surface area (Å²) in [4.78, 5) is 12.7. The third-order valence-electron chi connectivity index (χ3n) is 5.38. The Labute approximate surface area is 189 Å². The second-order valence-corrected chi connectivity index (χ2v) is 8.37. The van der Waals surface area contributed by atoms with Crippen molar-refractivity contribution in [2.45, 2.75) is 44.5 Å². The van der Waals surface area contributed by atoms with Crippen LogP contribution in [-0.2, 0) is 10.9 Å². The zero-order valence-electron chi connectivity index (χ0n) is 17.4. The summed E-state index contributed by atoms with van der Waals surface area (Å²) in [5.74, 6) is -2.49. The standard InChI is InChI=1S/C21H18ClF4N3O4/c1-3-32-19(30)15-16(14-12(22)5-4-6-13(14)23)28-33-17(15)11-9-27-29(18(11)21(24,25)26)10-7-20(2,31)8-10/h4-6,9-10,31H,3,7-8H2,1-2H3.